The van der Waals surface area contributed by atoms with Gasteiger partial charge in [0.1, 0.15) is 5.60 Å². The van der Waals surface area contributed by atoms with E-state index in [0.29, 0.717) is 17.8 Å². The van der Waals surface area contributed by atoms with Crippen LogP contribution in [0, 0.1) is 40.4 Å². The van der Waals surface area contributed by atoms with Crippen LogP contribution in [0.4, 0.5) is 0 Å². The lowest BCUT2D eigenvalue weighted by Gasteiger charge is -2.60. The maximum Gasteiger partial charge on any atom is 0.109 e. The zero-order valence-electron chi connectivity index (χ0n) is 21.0. The number of hydrogen-bond donors (Lipinski definition) is 3. The van der Waals surface area contributed by atoms with Crippen LogP contribution in [0.5, 0.6) is 0 Å². The molecule has 3 saturated carbocycles. The van der Waals surface area contributed by atoms with E-state index in [2.05, 4.69) is 26.8 Å². The zero-order valence-corrected chi connectivity index (χ0v) is 21.0. The third-order valence-corrected chi connectivity index (χ3v) is 10.8. The summed E-state index contributed by atoms with van der Waals surface area (Å²) < 4.78 is 0. The van der Waals surface area contributed by atoms with E-state index in [1.54, 1.807) is 0 Å². The molecule has 1 unspecified atom stereocenters. The molecule has 9 atom stereocenters. The Bertz CT molecular complexity index is 704. The highest BCUT2D eigenvalue weighted by Gasteiger charge is 2.61. The van der Waals surface area contributed by atoms with E-state index in [0.717, 1.165) is 54.9 Å². The molecule has 178 valence electrons. The summed E-state index contributed by atoms with van der Waals surface area (Å²) in [6, 6.07) is 0. The molecule has 3 heteroatoms. The predicted molar refractivity (Wildman–Crippen MR) is 127 cm³/mol. The Hall–Kier alpha value is -0.380. The average molecular weight is 433 g/mol. The summed E-state index contributed by atoms with van der Waals surface area (Å²) in [4.78, 5) is 0. The van der Waals surface area contributed by atoms with Crippen molar-refractivity contribution in [3.8, 4) is 0 Å². The fourth-order valence-corrected chi connectivity index (χ4v) is 9.13. The molecule has 0 amide bonds. The lowest BCUT2D eigenvalue weighted by atomic mass is 9.45. The van der Waals surface area contributed by atoms with Gasteiger partial charge in [0.05, 0.1) is 11.7 Å². The quantitative estimate of drug-likeness (QED) is 0.477. The molecular weight excluding hydrogens is 384 g/mol. The summed E-state index contributed by atoms with van der Waals surface area (Å²) in [6.45, 7) is 13.2. The highest BCUT2D eigenvalue weighted by molar-refractivity contribution is 5.33. The van der Waals surface area contributed by atoms with Crippen LogP contribution in [0.25, 0.3) is 0 Å². The van der Waals surface area contributed by atoms with Crippen molar-refractivity contribution in [2.24, 2.45) is 40.4 Å². The van der Waals surface area contributed by atoms with Crippen LogP contribution in [0.1, 0.15) is 106 Å². The number of rotatable bonds is 5. The molecule has 31 heavy (non-hydrogen) atoms. The van der Waals surface area contributed by atoms with Crippen molar-refractivity contribution in [1.29, 1.82) is 0 Å². The van der Waals surface area contributed by atoms with Gasteiger partial charge in [-0.1, -0.05) is 39.7 Å². The summed E-state index contributed by atoms with van der Waals surface area (Å²) >= 11 is 0. The second kappa shape index (κ2) is 7.84. The van der Waals surface area contributed by atoms with Gasteiger partial charge in [-0.05, 0) is 118 Å². The SMILES string of the molecule is C[C@H](CCCC(C)(C)O)[C@H]1CC[C@H]2[C@@H]3CC=C4C(C)(O)[C@@H](O)CC[C@]4(C)[C@H]3CC[C@]12C. The predicted octanol–water partition coefficient (Wildman–Crippen LogP) is 5.86. The molecule has 3 nitrogen and oxygen atoms in total. The van der Waals surface area contributed by atoms with Crippen LogP contribution in [-0.4, -0.2) is 32.6 Å². The van der Waals surface area contributed by atoms with Gasteiger partial charge in [-0.2, -0.15) is 0 Å². The molecule has 0 aliphatic heterocycles. The Morgan fingerprint density at radius 3 is 2.45 bits per heavy atom. The molecule has 0 saturated heterocycles. The van der Waals surface area contributed by atoms with E-state index in [1.807, 2.05) is 20.8 Å². The number of aliphatic hydroxyl groups excluding tert-OH is 1. The third-order valence-electron chi connectivity index (χ3n) is 10.8. The van der Waals surface area contributed by atoms with Gasteiger partial charge in [0.15, 0.2) is 0 Å². The Kier molecular flexibility index (Phi) is 6.01. The summed E-state index contributed by atoms with van der Waals surface area (Å²) in [5.74, 6) is 3.69. The first-order valence-electron chi connectivity index (χ1n) is 13.1. The largest absolute Gasteiger partial charge is 0.390 e. The van der Waals surface area contributed by atoms with Crippen LogP contribution in [0.15, 0.2) is 11.6 Å². The first kappa shape index (κ1) is 23.8. The van der Waals surface area contributed by atoms with E-state index >= 15 is 0 Å². The molecule has 0 aromatic carbocycles. The van der Waals surface area contributed by atoms with E-state index < -0.39 is 17.3 Å². The Morgan fingerprint density at radius 1 is 1.06 bits per heavy atom. The topological polar surface area (TPSA) is 60.7 Å². The molecule has 4 aliphatic carbocycles. The molecule has 0 spiro atoms. The monoisotopic (exact) mass is 432 g/mol. The lowest BCUT2D eigenvalue weighted by Crippen LogP contribution is -2.57. The van der Waals surface area contributed by atoms with Gasteiger partial charge in [-0.3, -0.25) is 0 Å². The van der Waals surface area contributed by atoms with E-state index in [9.17, 15) is 15.3 Å². The maximum atomic E-state index is 11.2. The van der Waals surface area contributed by atoms with Crippen molar-refractivity contribution in [3.63, 3.8) is 0 Å². The minimum Gasteiger partial charge on any atom is -0.390 e. The molecule has 0 heterocycles. The summed E-state index contributed by atoms with van der Waals surface area (Å²) in [5, 5.41) is 31.7. The van der Waals surface area contributed by atoms with Gasteiger partial charge in [0, 0.05) is 0 Å². The molecule has 0 radical (unpaired) electrons. The second-order valence-corrected chi connectivity index (χ2v) is 13.3. The van der Waals surface area contributed by atoms with Crippen LogP contribution in [0.2, 0.25) is 0 Å². The Morgan fingerprint density at radius 2 is 1.77 bits per heavy atom. The molecule has 4 aliphatic rings. The van der Waals surface area contributed by atoms with Crippen LogP contribution >= 0.6 is 0 Å². The van der Waals surface area contributed by atoms with Crippen molar-refractivity contribution in [3.05, 3.63) is 11.6 Å². The average Bonchev–Trinajstić information content (AvgIpc) is 3.01. The highest BCUT2D eigenvalue weighted by atomic mass is 16.3. The highest BCUT2D eigenvalue weighted by Crippen LogP contribution is 2.68. The fraction of sp³-hybridized carbons (Fsp3) is 0.929. The van der Waals surface area contributed by atoms with Gasteiger partial charge >= 0.3 is 0 Å². The number of allylic oxidation sites excluding steroid dienone is 1. The van der Waals surface area contributed by atoms with Crippen molar-refractivity contribution in [2.45, 2.75) is 123 Å². The zero-order chi connectivity index (χ0) is 22.8. The minimum absolute atomic E-state index is 0.0450. The summed E-state index contributed by atoms with van der Waals surface area (Å²) in [5.41, 5.74) is 0.0115. The molecule has 3 N–H and O–H groups in total. The van der Waals surface area contributed by atoms with Crippen LogP contribution in [-0.2, 0) is 0 Å². The Balaban J connectivity index is 1.52. The van der Waals surface area contributed by atoms with Gasteiger partial charge in [-0.15, -0.1) is 0 Å². The third kappa shape index (κ3) is 3.85. The molecule has 4 rings (SSSR count). The molecule has 3 fully saturated rings. The lowest BCUT2D eigenvalue weighted by molar-refractivity contribution is -0.114. The second-order valence-electron chi connectivity index (χ2n) is 13.3. The smallest absolute Gasteiger partial charge is 0.109 e. The van der Waals surface area contributed by atoms with E-state index in [-0.39, 0.29) is 5.41 Å². The van der Waals surface area contributed by atoms with E-state index in [1.165, 1.54) is 32.1 Å². The standard InChI is InChI=1S/C28H48O3/c1-18(8-7-15-25(2,3)30)20-10-11-21-19-9-12-23-27(5,17-14-24(29)28(23,6)31)22(19)13-16-26(20,21)4/h12,18-22,24,29-31H,7-11,13-17H2,1-6H3/t18-,19+,20-,21+,22+,24+,26-,27-,28?/m1/s1. The number of fused-ring (bicyclic) bond motifs is 5. The number of hydrogen-bond acceptors (Lipinski definition) is 3. The van der Waals surface area contributed by atoms with E-state index in [4.69, 9.17) is 0 Å². The molecule has 0 aromatic heterocycles. The van der Waals surface area contributed by atoms with Crippen molar-refractivity contribution in [2.75, 3.05) is 0 Å². The molecule has 0 bridgehead atoms. The molecule has 0 aromatic rings. The summed E-state index contributed by atoms with van der Waals surface area (Å²) in [6.07, 6.45) is 13.1. The van der Waals surface area contributed by atoms with Crippen LogP contribution in [0.3, 0.4) is 0 Å². The molecular formula is C28H48O3. The van der Waals surface area contributed by atoms with Gasteiger partial charge in [0.25, 0.3) is 0 Å². The van der Waals surface area contributed by atoms with Crippen LogP contribution < -0.4 is 0 Å². The van der Waals surface area contributed by atoms with Crippen molar-refractivity contribution in [1.82, 2.24) is 0 Å². The van der Waals surface area contributed by atoms with Gasteiger partial charge in [-0.25, -0.2) is 0 Å². The first-order chi connectivity index (χ1) is 14.3. The minimum atomic E-state index is -1.06. The number of aliphatic hydroxyl groups is 3. The van der Waals surface area contributed by atoms with Gasteiger partial charge < -0.3 is 15.3 Å². The fourth-order valence-electron chi connectivity index (χ4n) is 9.13. The van der Waals surface area contributed by atoms with Gasteiger partial charge in [0.2, 0.25) is 0 Å². The Labute approximate surface area is 190 Å². The van der Waals surface area contributed by atoms with Crippen molar-refractivity contribution >= 4 is 0 Å². The normalized spacial score (nSPS) is 48.4. The first-order valence-corrected chi connectivity index (χ1v) is 13.1. The maximum absolute atomic E-state index is 11.2. The summed E-state index contributed by atoms with van der Waals surface area (Å²) in [7, 11) is 0. The van der Waals surface area contributed by atoms with Crippen molar-refractivity contribution < 1.29 is 15.3 Å².